The Bertz CT molecular complexity index is 1060. The highest BCUT2D eigenvalue weighted by Gasteiger charge is 2.37. The normalized spacial score (nSPS) is 18.6. The molecular formula is C17H17N3O5S. The predicted molar refractivity (Wildman–Crippen MR) is 92.5 cm³/mol. The number of ether oxygens (including phenoxy) is 1. The van der Waals surface area contributed by atoms with Gasteiger partial charge in [0, 0.05) is 25.5 Å². The van der Waals surface area contributed by atoms with Crippen LogP contribution in [-0.4, -0.2) is 67.8 Å². The summed E-state index contributed by atoms with van der Waals surface area (Å²) in [4.78, 5) is 30.3. The molecule has 3 heterocycles. The molecule has 0 aliphatic carbocycles. The fraction of sp³-hybridized carbons (Fsp3) is 0.353. The molecule has 0 unspecified atom stereocenters. The third-order valence-corrected chi connectivity index (χ3v) is 6.68. The van der Waals surface area contributed by atoms with Crippen LogP contribution < -0.4 is 0 Å². The number of benzene rings is 1. The van der Waals surface area contributed by atoms with Crippen molar-refractivity contribution in [3.05, 3.63) is 35.0 Å². The van der Waals surface area contributed by atoms with E-state index in [4.69, 9.17) is 4.74 Å². The van der Waals surface area contributed by atoms with Gasteiger partial charge in [0.25, 0.3) is 11.8 Å². The summed E-state index contributed by atoms with van der Waals surface area (Å²) in [5, 5.41) is 0.377. The van der Waals surface area contributed by atoms with Crippen molar-refractivity contribution in [2.75, 3.05) is 33.4 Å². The van der Waals surface area contributed by atoms with Crippen molar-refractivity contribution in [1.82, 2.24) is 14.2 Å². The second-order valence-electron chi connectivity index (χ2n) is 6.31. The van der Waals surface area contributed by atoms with Gasteiger partial charge in [-0.1, -0.05) is 0 Å². The van der Waals surface area contributed by atoms with E-state index in [1.54, 1.807) is 13.0 Å². The molecule has 0 N–H and O–H groups in total. The lowest BCUT2D eigenvalue weighted by Crippen LogP contribution is -2.40. The zero-order valence-corrected chi connectivity index (χ0v) is 15.2. The molecule has 0 bridgehead atoms. The maximum absolute atomic E-state index is 12.9. The summed E-state index contributed by atoms with van der Waals surface area (Å²) in [5.41, 5.74) is 1.41. The van der Waals surface area contributed by atoms with Crippen molar-refractivity contribution >= 4 is 32.7 Å². The molecule has 8 nitrogen and oxygen atoms in total. The lowest BCUT2D eigenvalue weighted by Gasteiger charge is -2.26. The second-order valence-corrected chi connectivity index (χ2v) is 8.25. The summed E-state index contributed by atoms with van der Waals surface area (Å²) in [6, 6.07) is 4.50. The monoisotopic (exact) mass is 375 g/mol. The Hall–Kier alpha value is -2.36. The molecule has 1 saturated heterocycles. The molecule has 0 saturated carbocycles. The number of carbonyl (C=O) groups is 2. The van der Waals surface area contributed by atoms with E-state index in [0.717, 1.165) is 4.90 Å². The van der Waals surface area contributed by atoms with Gasteiger partial charge in [-0.25, -0.2) is 8.42 Å². The van der Waals surface area contributed by atoms with Crippen LogP contribution in [0.5, 0.6) is 0 Å². The average molecular weight is 375 g/mol. The molecule has 0 radical (unpaired) electrons. The van der Waals surface area contributed by atoms with Crippen molar-refractivity contribution in [1.29, 1.82) is 0 Å². The number of morpholine rings is 1. The van der Waals surface area contributed by atoms with Gasteiger partial charge < -0.3 is 4.74 Å². The minimum atomic E-state index is -3.71. The van der Waals surface area contributed by atoms with Gasteiger partial charge in [-0.05, 0) is 25.1 Å². The van der Waals surface area contributed by atoms with E-state index in [1.807, 2.05) is 0 Å². The van der Waals surface area contributed by atoms with Crippen molar-refractivity contribution in [3.63, 3.8) is 0 Å². The van der Waals surface area contributed by atoms with Gasteiger partial charge in [0.05, 0.1) is 40.4 Å². The van der Waals surface area contributed by atoms with Crippen LogP contribution in [0.25, 0.3) is 10.9 Å². The van der Waals surface area contributed by atoms with Crippen molar-refractivity contribution in [2.24, 2.45) is 0 Å². The SMILES string of the molecule is Cc1nc2ccc(S(=O)(=O)N3CCOCC3)cc2c2c1C(=O)N(C)C2=O. The van der Waals surface area contributed by atoms with Gasteiger partial charge in [0.2, 0.25) is 10.0 Å². The number of rotatable bonds is 2. The first-order valence-electron chi connectivity index (χ1n) is 8.17. The molecular weight excluding hydrogens is 358 g/mol. The van der Waals surface area contributed by atoms with Gasteiger partial charge in [0.1, 0.15) is 0 Å². The number of aryl methyl sites for hydroxylation is 1. The summed E-state index contributed by atoms with van der Waals surface area (Å²) in [7, 11) is -2.30. The maximum atomic E-state index is 12.9. The molecule has 0 spiro atoms. The first kappa shape index (κ1) is 17.1. The number of amides is 2. The molecule has 2 aliphatic rings. The highest BCUT2D eigenvalue weighted by molar-refractivity contribution is 7.89. The fourth-order valence-electron chi connectivity index (χ4n) is 3.37. The summed E-state index contributed by atoms with van der Waals surface area (Å²) >= 11 is 0. The highest BCUT2D eigenvalue weighted by atomic mass is 32.2. The molecule has 9 heteroatoms. The topological polar surface area (TPSA) is 96.9 Å². The molecule has 1 aromatic carbocycles. The van der Waals surface area contributed by atoms with Crippen LogP contribution in [-0.2, 0) is 14.8 Å². The molecule has 4 rings (SSSR count). The van der Waals surface area contributed by atoms with E-state index in [9.17, 15) is 18.0 Å². The number of aromatic nitrogens is 1. The van der Waals surface area contributed by atoms with Gasteiger partial charge in [-0.15, -0.1) is 0 Å². The molecule has 0 atom stereocenters. The van der Waals surface area contributed by atoms with Crippen molar-refractivity contribution < 1.29 is 22.7 Å². The van der Waals surface area contributed by atoms with E-state index in [-0.39, 0.29) is 29.1 Å². The Balaban J connectivity index is 1.92. The number of sulfonamides is 1. The summed E-state index contributed by atoms with van der Waals surface area (Å²) in [5.74, 6) is -0.861. The van der Waals surface area contributed by atoms with Gasteiger partial charge in [0.15, 0.2) is 0 Å². The number of hydrogen-bond donors (Lipinski definition) is 0. The smallest absolute Gasteiger partial charge is 0.263 e. The Kier molecular flexibility index (Phi) is 3.83. The number of fused-ring (bicyclic) bond motifs is 3. The fourth-order valence-corrected chi connectivity index (χ4v) is 4.81. The summed E-state index contributed by atoms with van der Waals surface area (Å²) in [6.45, 7) is 2.93. The van der Waals surface area contributed by atoms with Crippen LogP contribution in [0.1, 0.15) is 26.4 Å². The lowest BCUT2D eigenvalue weighted by atomic mass is 10.0. The lowest BCUT2D eigenvalue weighted by molar-refractivity contribution is 0.0693. The van der Waals surface area contributed by atoms with E-state index < -0.39 is 21.8 Å². The predicted octanol–water partition coefficient (Wildman–Crippen LogP) is 0.790. The number of imide groups is 1. The number of pyridine rings is 1. The Morgan fingerprint density at radius 2 is 1.73 bits per heavy atom. The molecule has 26 heavy (non-hydrogen) atoms. The molecule has 2 aromatic rings. The first-order valence-corrected chi connectivity index (χ1v) is 9.61. The van der Waals surface area contributed by atoms with E-state index in [0.29, 0.717) is 29.8 Å². The van der Waals surface area contributed by atoms with Crippen molar-refractivity contribution in [3.8, 4) is 0 Å². The van der Waals surface area contributed by atoms with Crippen LogP contribution >= 0.6 is 0 Å². The van der Waals surface area contributed by atoms with Crippen LogP contribution in [0.2, 0.25) is 0 Å². The molecule has 136 valence electrons. The van der Waals surface area contributed by atoms with E-state index in [2.05, 4.69) is 4.98 Å². The zero-order valence-electron chi connectivity index (χ0n) is 14.4. The van der Waals surface area contributed by atoms with E-state index in [1.165, 1.54) is 23.5 Å². The van der Waals surface area contributed by atoms with Crippen molar-refractivity contribution in [2.45, 2.75) is 11.8 Å². The Morgan fingerprint density at radius 1 is 1.08 bits per heavy atom. The minimum Gasteiger partial charge on any atom is -0.379 e. The molecule has 1 aromatic heterocycles. The summed E-state index contributed by atoms with van der Waals surface area (Å²) in [6.07, 6.45) is 0. The highest BCUT2D eigenvalue weighted by Crippen LogP contribution is 2.32. The van der Waals surface area contributed by atoms with Gasteiger partial charge >= 0.3 is 0 Å². The van der Waals surface area contributed by atoms with Crippen LogP contribution in [0.3, 0.4) is 0 Å². The molecule has 2 amide bonds. The zero-order chi connectivity index (χ0) is 18.6. The second kappa shape index (κ2) is 5.83. The third kappa shape index (κ3) is 2.35. The average Bonchev–Trinajstić information content (AvgIpc) is 2.87. The summed E-state index contributed by atoms with van der Waals surface area (Å²) < 4.78 is 32.4. The van der Waals surface area contributed by atoms with E-state index >= 15 is 0 Å². The number of hydrogen-bond acceptors (Lipinski definition) is 6. The minimum absolute atomic E-state index is 0.0783. The Labute approximate surface area is 150 Å². The third-order valence-electron chi connectivity index (χ3n) is 4.78. The number of nitrogens with zero attached hydrogens (tertiary/aromatic N) is 3. The number of carbonyl (C=O) groups excluding carboxylic acids is 2. The standard InChI is InChI=1S/C17H17N3O5S/c1-10-14-15(17(22)19(2)16(14)21)12-9-11(3-4-13(12)18-10)26(23,24)20-5-7-25-8-6-20/h3-4,9H,5-8H2,1-2H3. The van der Waals surface area contributed by atoms with Crippen LogP contribution in [0.4, 0.5) is 0 Å². The van der Waals surface area contributed by atoms with Crippen LogP contribution in [0, 0.1) is 6.92 Å². The molecule has 2 aliphatic heterocycles. The first-order chi connectivity index (χ1) is 12.3. The molecule has 1 fully saturated rings. The Morgan fingerprint density at radius 3 is 2.42 bits per heavy atom. The quantitative estimate of drug-likeness (QED) is 0.720. The van der Waals surface area contributed by atoms with Gasteiger partial charge in [-0.3, -0.25) is 19.5 Å². The maximum Gasteiger partial charge on any atom is 0.263 e. The van der Waals surface area contributed by atoms with Gasteiger partial charge in [-0.2, -0.15) is 4.31 Å². The van der Waals surface area contributed by atoms with Crippen LogP contribution in [0.15, 0.2) is 23.1 Å². The largest absolute Gasteiger partial charge is 0.379 e.